The lowest BCUT2D eigenvalue weighted by Crippen LogP contribution is -2.33. The second-order valence-electron chi connectivity index (χ2n) is 5.05. The molecule has 0 fully saturated rings. The Balaban J connectivity index is 2.29. The van der Waals surface area contributed by atoms with Crippen LogP contribution < -0.4 is 4.90 Å². The zero-order chi connectivity index (χ0) is 12.4. The molecule has 17 heavy (non-hydrogen) atoms. The van der Waals surface area contributed by atoms with Crippen LogP contribution in [0.25, 0.3) is 0 Å². The summed E-state index contributed by atoms with van der Waals surface area (Å²) < 4.78 is 0. The fraction of sp³-hybridized carbons (Fsp3) is 0.467. The highest BCUT2D eigenvalue weighted by atomic mass is 16.2. The summed E-state index contributed by atoms with van der Waals surface area (Å²) in [5.41, 5.74) is 3.43. The number of carbonyl (C=O) groups excluding carboxylic acids is 1. The molecule has 0 saturated heterocycles. The standard InChI is InChI=1S/C15H19NO/c1-11(2)9-13-6-7-15-14(10-13)5-4-8-16(15)12(3)17/h6-7,10-11H,4,8-9H2,1-3H3. The molecule has 2 heteroatoms. The Morgan fingerprint density at radius 1 is 1.47 bits per heavy atom. The van der Waals surface area contributed by atoms with Crippen LogP contribution in [0.3, 0.4) is 0 Å². The van der Waals surface area contributed by atoms with Crippen LogP contribution in [-0.4, -0.2) is 12.5 Å². The van der Waals surface area contributed by atoms with E-state index >= 15 is 0 Å². The van der Waals surface area contributed by atoms with E-state index in [0.717, 1.165) is 30.6 Å². The smallest absolute Gasteiger partial charge is 0.223 e. The molecule has 0 N–H and O–H groups in total. The summed E-state index contributed by atoms with van der Waals surface area (Å²) in [6.07, 6.45) is 5.28. The molecule has 0 spiro atoms. The predicted octanol–water partition coefficient (Wildman–Crippen LogP) is 3.07. The second kappa shape index (κ2) is 4.91. The number of hydrogen-bond donors (Lipinski definition) is 0. The zero-order valence-electron chi connectivity index (χ0n) is 10.8. The number of carbonyl (C=O) groups is 1. The van der Waals surface area contributed by atoms with Gasteiger partial charge in [0.2, 0.25) is 5.91 Å². The third-order valence-corrected chi connectivity index (χ3v) is 3.03. The molecule has 1 aromatic rings. The molecule has 2 radical (unpaired) electrons. The van der Waals surface area contributed by atoms with Gasteiger partial charge in [0.25, 0.3) is 0 Å². The highest BCUT2D eigenvalue weighted by molar-refractivity contribution is 5.93. The number of nitrogens with zero attached hydrogens (tertiary/aromatic N) is 1. The van der Waals surface area contributed by atoms with Gasteiger partial charge in [-0.3, -0.25) is 4.79 Å². The van der Waals surface area contributed by atoms with Gasteiger partial charge in [-0.2, -0.15) is 0 Å². The first-order valence-corrected chi connectivity index (χ1v) is 6.23. The first-order chi connectivity index (χ1) is 8.08. The minimum Gasteiger partial charge on any atom is -0.312 e. The van der Waals surface area contributed by atoms with Crippen molar-refractivity contribution in [2.45, 2.75) is 33.6 Å². The van der Waals surface area contributed by atoms with E-state index in [9.17, 15) is 4.79 Å². The van der Waals surface area contributed by atoms with Gasteiger partial charge in [0.05, 0.1) is 0 Å². The average Bonchev–Trinajstić information content (AvgIpc) is 2.26. The molecule has 1 aliphatic heterocycles. The van der Waals surface area contributed by atoms with Gasteiger partial charge >= 0.3 is 0 Å². The van der Waals surface area contributed by atoms with E-state index in [1.807, 2.05) is 4.90 Å². The van der Waals surface area contributed by atoms with Gasteiger partial charge in [-0.15, -0.1) is 0 Å². The summed E-state index contributed by atoms with van der Waals surface area (Å²) in [7, 11) is 0. The minimum absolute atomic E-state index is 0.115. The van der Waals surface area contributed by atoms with E-state index in [1.54, 1.807) is 6.92 Å². The first kappa shape index (κ1) is 12.2. The van der Waals surface area contributed by atoms with Crippen molar-refractivity contribution in [3.63, 3.8) is 0 Å². The van der Waals surface area contributed by atoms with Crippen molar-refractivity contribution >= 4 is 11.6 Å². The molecule has 1 heterocycles. The van der Waals surface area contributed by atoms with Gasteiger partial charge in [-0.1, -0.05) is 26.0 Å². The Labute approximate surface area is 104 Å². The summed E-state index contributed by atoms with van der Waals surface area (Å²) in [6.45, 7) is 6.81. The van der Waals surface area contributed by atoms with Gasteiger partial charge in [-0.05, 0) is 36.0 Å². The lowest BCUT2D eigenvalue weighted by molar-refractivity contribution is -0.116. The third kappa shape index (κ3) is 2.68. The number of anilines is 1. The molecule has 0 atom stereocenters. The molecule has 90 valence electrons. The fourth-order valence-corrected chi connectivity index (χ4v) is 2.31. The number of fused-ring (bicyclic) bond motifs is 1. The first-order valence-electron chi connectivity index (χ1n) is 6.23. The number of hydrogen-bond acceptors (Lipinski definition) is 1. The molecule has 0 saturated carbocycles. The van der Waals surface area contributed by atoms with Gasteiger partial charge in [-0.25, -0.2) is 0 Å². The highest BCUT2D eigenvalue weighted by Gasteiger charge is 2.20. The SMILES string of the molecule is CC(=O)N1CC[C]c2cc(CC(C)C)ccc21. The topological polar surface area (TPSA) is 20.3 Å². The average molecular weight is 229 g/mol. The van der Waals surface area contributed by atoms with E-state index in [0.29, 0.717) is 5.92 Å². The Morgan fingerprint density at radius 3 is 2.88 bits per heavy atom. The Hall–Kier alpha value is -1.31. The predicted molar refractivity (Wildman–Crippen MR) is 70.0 cm³/mol. The number of amides is 1. The third-order valence-electron chi connectivity index (χ3n) is 3.03. The van der Waals surface area contributed by atoms with Gasteiger partial charge in [0.15, 0.2) is 0 Å². The molecular formula is C15H19NO. The van der Waals surface area contributed by atoms with Gasteiger partial charge in [0.1, 0.15) is 0 Å². The molecule has 2 nitrogen and oxygen atoms in total. The summed E-state index contributed by atoms with van der Waals surface area (Å²) in [5, 5.41) is 0. The molecule has 2 rings (SSSR count). The summed E-state index contributed by atoms with van der Waals surface area (Å²) in [5.74, 6) is 0.768. The van der Waals surface area contributed by atoms with E-state index in [1.165, 1.54) is 5.56 Å². The number of rotatable bonds is 2. The van der Waals surface area contributed by atoms with E-state index in [2.05, 4.69) is 38.5 Å². The van der Waals surface area contributed by atoms with Crippen LogP contribution >= 0.6 is 0 Å². The van der Waals surface area contributed by atoms with Crippen molar-refractivity contribution in [2.75, 3.05) is 11.4 Å². The highest BCUT2D eigenvalue weighted by Crippen LogP contribution is 2.29. The van der Waals surface area contributed by atoms with E-state index < -0.39 is 0 Å². The molecular weight excluding hydrogens is 210 g/mol. The van der Waals surface area contributed by atoms with Crippen molar-refractivity contribution < 1.29 is 4.79 Å². The number of benzene rings is 1. The maximum Gasteiger partial charge on any atom is 0.223 e. The molecule has 1 aliphatic rings. The molecule has 1 aromatic carbocycles. The van der Waals surface area contributed by atoms with Crippen LogP contribution in [0.2, 0.25) is 0 Å². The minimum atomic E-state index is 0.115. The molecule has 0 aliphatic carbocycles. The molecule has 0 unspecified atom stereocenters. The lowest BCUT2D eigenvalue weighted by atomic mass is 9.95. The monoisotopic (exact) mass is 229 g/mol. The van der Waals surface area contributed by atoms with Crippen molar-refractivity contribution in [3.8, 4) is 0 Å². The van der Waals surface area contributed by atoms with Crippen LogP contribution in [0, 0.1) is 12.3 Å². The van der Waals surface area contributed by atoms with Crippen LogP contribution in [0.4, 0.5) is 5.69 Å². The van der Waals surface area contributed by atoms with Crippen molar-refractivity contribution in [1.29, 1.82) is 0 Å². The maximum absolute atomic E-state index is 11.5. The molecule has 0 bridgehead atoms. The Bertz CT molecular complexity index is 423. The lowest BCUT2D eigenvalue weighted by Gasteiger charge is -2.28. The van der Waals surface area contributed by atoms with E-state index in [-0.39, 0.29) is 5.91 Å². The zero-order valence-corrected chi connectivity index (χ0v) is 10.8. The van der Waals surface area contributed by atoms with E-state index in [4.69, 9.17) is 0 Å². The Kier molecular flexibility index (Phi) is 3.51. The van der Waals surface area contributed by atoms with Gasteiger partial charge in [0, 0.05) is 25.6 Å². The summed E-state index contributed by atoms with van der Waals surface area (Å²) in [4.78, 5) is 13.4. The summed E-state index contributed by atoms with van der Waals surface area (Å²) in [6, 6.07) is 6.35. The van der Waals surface area contributed by atoms with Crippen LogP contribution in [0.5, 0.6) is 0 Å². The van der Waals surface area contributed by atoms with Crippen LogP contribution in [0.1, 0.15) is 38.3 Å². The Morgan fingerprint density at radius 2 is 2.24 bits per heavy atom. The summed E-state index contributed by atoms with van der Waals surface area (Å²) >= 11 is 0. The second-order valence-corrected chi connectivity index (χ2v) is 5.05. The van der Waals surface area contributed by atoms with Crippen molar-refractivity contribution in [1.82, 2.24) is 0 Å². The molecule has 0 aromatic heterocycles. The van der Waals surface area contributed by atoms with Crippen molar-refractivity contribution in [2.24, 2.45) is 5.92 Å². The largest absolute Gasteiger partial charge is 0.312 e. The maximum atomic E-state index is 11.5. The van der Waals surface area contributed by atoms with Crippen LogP contribution in [0.15, 0.2) is 18.2 Å². The van der Waals surface area contributed by atoms with Crippen LogP contribution in [-0.2, 0) is 11.2 Å². The normalized spacial score (nSPS) is 14.9. The quantitative estimate of drug-likeness (QED) is 0.763. The van der Waals surface area contributed by atoms with Gasteiger partial charge < -0.3 is 4.90 Å². The fourth-order valence-electron chi connectivity index (χ4n) is 2.31. The molecule has 1 amide bonds. The van der Waals surface area contributed by atoms with Crippen molar-refractivity contribution in [3.05, 3.63) is 35.7 Å².